The molecule has 6 nitrogen and oxygen atoms in total. The quantitative estimate of drug-likeness (QED) is 0.788. The Morgan fingerprint density at radius 2 is 2.22 bits per heavy atom. The minimum Gasteiger partial charge on any atom is -0.463 e. The molecule has 4 rings (SSSR count). The fraction of sp³-hybridized carbons (Fsp3) is 0.294. The topological polar surface area (TPSA) is 65.4 Å². The van der Waals surface area contributed by atoms with Gasteiger partial charge in [-0.3, -0.25) is 9.69 Å². The molecule has 1 saturated heterocycles. The average molecular weight is 310 g/mol. The normalized spacial score (nSPS) is 19.3. The molecule has 0 radical (unpaired) electrons. The number of nitrogens with zero attached hydrogens (tertiary/aromatic N) is 3. The third kappa shape index (κ3) is 2.41. The van der Waals surface area contributed by atoms with Crippen molar-refractivity contribution in [3.8, 4) is 0 Å². The highest BCUT2D eigenvalue weighted by Gasteiger charge is 2.31. The number of fused-ring (bicyclic) bond motifs is 1. The molecule has 1 atom stereocenters. The highest BCUT2D eigenvalue weighted by Crippen LogP contribution is 2.26. The number of hydrogen-bond donors (Lipinski definition) is 1. The van der Waals surface area contributed by atoms with Crippen LogP contribution in [-0.2, 0) is 0 Å². The third-order valence-electron chi connectivity index (χ3n) is 4.48. The number of carbonyl (C=O) groups is 1. The first-order valence-electron chi connectivity index (χ1n) is 7.69. The van der Waals surface area contributed by atoms with Gasteiger partial charge in [0.15, 0.2) is 0 Å². The van der Waals surface area contributed by atoms with Gasteiger partial charge in [-0.25, -0.2) is 4.98 Å². The van der Waals surface area contributed by atoms with Crippen LogP contribution in [0.4, 0.5) is 0 Å². The molecular formula is C17H18N4O2. The molecule has 1 unspecified atom stereocenters. The molecule has 1 amide bonds. The van der Waals surface area contributed by atoms with Crippen LogP contribution in [0.25, 0.3) is 11.0 Å². The van der Waals surface area contributed by atoms with E-state index in [4.69, 9.17) is 4.42 Å². The lowest BCUT2D eigenvalue weighted by Gasteiger charge is -2.38. The van der Waals surface area contributed by atoms with Crippen LogP contribution in [0.2, 0.25) is 0 Å². The zero-order valence-electron chi connectivity index (χ0n) is 12.9. The molecule has 1 aliphatic rings. The molecule has 0 bridgehead atoms. The van der Waals surface area contributed by atoms with Crippen molar-refractivity contribution in [3.05, 3.63) is 54.3 Å². The second-order valence-corrected chi connectivity index (χ2v) is 5.87. The number of rotatable bonds is 2. The van der Waals surface area contributed by atoms with Gasteiger partial charge in [0, 0.05) is 37.4 Å². The Hall–Kier alpha value is -2.60. The molecule has 3 heterocycles. The number of hydrogen-bond acceptors (Lipinski definition) is 4. The van der Waals surface area contributed by atoms with Crippen molar-refractivity contribution in [3.63, 3.8) is 0 Å². The maximum atomic E-state index is 12.9. The summed E-state index contributed by atoms with van der Waals surface area (Å²) in [4.78, 5) is 24.5. The fourth-order valence-corrected chi connectivity index (χ4v) is 3.13. The molecule has 0 aliphatic carbocycles. The average Bonchev–Trinajstić information content (AvgIpc) is 3.24. The summed E-state index contributed by atoms with van der Waals surface area (Å²) < 4.78 is 5.50. The summed E-state index contributed by atoms with van der Waals surface area (Å²) in [7, 11) is 2.06. The molecule has 6 heteroatoms. The van der Waals surface area contributed by atoms with E-state index in [1.807, 2.05) is 35.4 Å². The zero-order chi connectivity index (χ0) is 15.8. The smallest absolute Gasteiger partial charge is 0.257 e. The van der Waals surface area contributed by atoms with Gasteiger partial charge in [-0.2, -0.15) is 0 Å². The third-order valence-corrected chi connectivity index (χ3v) is 4.48. The molecule has 23 heavy (non-hydrogen) atoms. The van der Waals surface area contributed by atoms with Crippen LogP contribution in [0.1, 0.15) is 22.2 Å². The van der Waals surface area contributed by atoms with Gasteiger partial charge in [0.05, 0.1) is 11.6 Å². The lowest BCUT2D eigenvalue weighted by atomic mass is 10.1. The summed E-state index contributed by atoms with van der Waals surface area (Å²) in [6.45, 7) is 2.13. The summed E-state index contributed by atoms with van der Waals surface area (Å²) in [5.41, 5.74) is 1.37. The number of aromatic amines is 1. The lowest BCUT2D eigenvalue weighted by molar-refractivity contribution is 0.0535. The van der Waals surface area contributed by atoms with Gasteiger partial charge < -0.3 is 14.3 Å². The Kier molecular flexibility index (Phi) is 3.38. The standard InChI is InChI=1S/C17H18N4O2/c1-20-8-9-21(10-14(20)16-18-6-7-19-16)17(22)13-11-23-15-5-3-2-4-12(13)15/h2-7,11,14H,8-10H2,1H3,(H,18,19). The molecule has 0 spiro atoms. The van der Waals surface area contributed by atoms with Gasteiger partial charge in [-0.05, 0) is 13.1 Å². The first-order chi connectivity index (χ1) is 11.2. The number of furan rings is 1. The molecule has 3 aromatic rings. The Morgan fingerprint density at radius 1 is 1.35 bits per heavy atom. The van der Waals surface area contributed by atoms with Gasteiger partial charge in [0.2, 0.25) is 0 Å². The van der Waals surface area contributed by atoms with E-state index in [9.17, 15) is 4.79 Å². The molecular weight excluding hydrogens is 292 g/mol. The maximum absolute atomic E-state index is 12.9. The van der Waals surface area contributed by atoms with Crippen molar-refractivity contribution < 1.29 is 9.21 Å². The Labute approximate surface area is 133 Å². The lowest BCUT2D eigenvalue weighted by Crippen LogP contribution is -2.49. The van der Waals surface area contributed by atoms with E-state index in [-0.39, 0.29) is 11.9 Å². The van der Waals surface area contributed by atoms with Gasteiger partial charge in [0.25, 0.3) is 5.91 Å². The Bertz CT molecular complexity index is 824. The van der Waals surface area contributed by atoms with E-state index >= 15 is 0 Å². The number of benzene rings is 1. The van der Waals surface area contributed by atoms with Crippen molar-refractivity contribution in [1.82, 2.24) is 19.8 Å². The number of carbonyl (C=O) groups excluding carboxylic acids is 1. The van der Waals surface area contributed by atoms with Crippen molar-refractivity contribution in [2.24, 2.45) is 0 Å². The number of likely N-dealkylation sites (N-methyl/N-ethyl adjacent to an activating group) is 1. The van der Waals surface area contributed by atoms with Crippen LogP contribution in [0.15, 0.2) is 47.3 Å². The van der Waals surface area contributed by atoms with E-state index in [0.29, 0.717) is 18.7 Å². The minimum atomic E-state index is 0.0135. The van der Waals surface area contributed by atoms with E-state index in [1.165, 1.54) is 0 Å². The Morgan fingerprint density at radius 3 is 3.04 bits per heavy atom. The van der Waals surface area contributed by atoms with Crippen LogP contribution in [0.5, 0.6) is 0 Å². The highest BCUT2D eigenvalue weighted by molar-refractivity contribution is 6.05. The highest BCUT2D eigenvalue weighted by atomic mass is 16.3. The first kappa shape index (κ1) is 14.0. The van der Waals surface area contributed by atoms with Crippen LogP contribution in [0, 0.1) is 0 Å². The molecule has 118 valence electrons. The van der Waals surface area contributed by atoms with Gasteiger partial charge in [0.1, 0.15) is 17.7 Å². The molecule has 1 fully saturated rings. The van der Waals surface area contributed by atoms with E-state index in [0.717, 1.165) is 23.3 Å². The molecule has 1 aromatic carbocycles. The summed E-state index contributed by atoms with van der Waals surface area (Å²) in [6.07, 6.45) is 5.12. The summed E-state index contributed by atoms with van der Waals surface area (Å²) in [5, 5.41) is 0.867. The monoisotopic (exact) mass is 310 g/mol. The predicted molar refractivity (Wildman–Crippen MR) is 86.1 cm³/mol. The number of nitrogens with one attached hydrogen (secondary N) is 1. The van der Waals surface area contributed by atoms with E-state index < -0.39 is 0 Å². The van der Waals surface area contributed by atoms with Gasteiger partial charge >= 0.3 is 0 Å². The van der Waals surface area contributed by atoms with Gasteiger partial charge in [-0.15, -0.1) is 0 Å². The number of piperazine rings is 1. The predicted octanol–water partition coefficient (Wildman–Crippen LogP) is 2.28. The second kappa shape index (κ2) is 5.55. The molecule has 2 aromatic heterocycles. The summed E-state index contributed by atoms with van der Waals surface area (Å²) >= 11 is 0. The van der Waals surface area contributed by atoms with Gasteiger partial charge in [-0.1, -0.05) is 18.2 Å². The maximum Gasteiger partial charge on any atom is 0.257 e. The number of imidazole rings is 1. The van der Waals surface area contributed by atoms with Crippen LogP contribution in [0.3, 0.4) is 0 Å². The molecule has 1 aliphatic heterocycles. The fourth-order valence-electron chi connectivity index (χ4n) is 3.13. The minimum absolute atomic E-state index is 0.0135. The first-order valence-corrected chi connectivity index (χ1v) is 7.69. The largest absolute Gasteiger partial charge is 0.463 e. The van der Waals surface area contributed by atoms with Crippen LogP contribution < -0.4 is 0 Å². The molecule has 0 saturated carbocycles. The van der Waals surface area contributed by atoms with Crippen LogP contribution in [-0.4, -0.2) is 52.4 Å². The Balaban J connectivity index is 1.61. The van der Waals surface area contributed by atoms with Crippen molar-refractivity contribution in [2.45, 2.75) is 6.04 Å². The van der Waals surface area contributed by atoms with E-state index in [2.05, 4.69) is 21.9 Å². The van der Waals surface area contributed by atoms with Crippen molar-refractivity contribution >= 4 is 16.9 Å². The van der Waals surface area contributed by atoms with E-state index in [1.54, 1.807) is 12.5 Å². The number of H-pyrrole nitrogens is 1. The zero-order valence-corrected chi connectivity index (χ0v) is 12.9. The molecule has 1 N–H and O–H groups in total. The number of amides is 1. The summed E-state index contributed by atoms with van der Waals surface area (Å²) in [6, 6.07) is 7.71. The van der Waals surface area contributed by atoms with Crippen LogP contribution >= 0.6 is 0 Å². The second-order valence-electron chi connectivity index (χ2n) is 5.87. The number of aromatic nitrogens is 2. The van der Waals surface area contributed by atoms with Crippen molar-refractivity contribution in [2.75, 3.05) is 26.7 Å². The SMILES string of the molecule is CN1CCN(C(=O)c2coc3ccccc23)CC1c1ncc[nH]1. The number of para-hydroxylation sites is 1. The van der Waals surface area contributed by atoms with Crippen molar-refractivity contribution in [1.29, 1.82) is 0 Å². The summed E-state index contributed by atoms with van der Waals surface area (Å²) in [5.74, 6) is 0.904.